The van der Waals surface area contributed by atoms with Gasteiger partial charge >= 0.3 is 0 Å². The first-order valence-corrected chi connectivity index (χ1v) is 10.3. The minimum absolute atomic E-state index is 0.0376. The maximum atomic E-state index is 12.2. The predicted octanol–water partition coefficient (Wildman–Crippen LogP) is 2.92. The number of rotatable bonds is 6. The molecule has 134 valence electrons. The minimum Gasteiger partial charge on any atom is -0.349 e. The van der Waals surface area contributed by atoms with E-state index in [1.807, 2.05) is 26.0 Å². The number of sulfonamides is 1. The molecule has 0 radical (unpaired) electrons. The van der Waals surface area contributed by atoms with Gasteiger partial charge in [-0.1, -0.05) is 18.2 Å². The Labute approximate surface area is 153 Å². The van der Waals surface area contributed by atoms with Gasteiger partial charge in [0.05, 0.1) is 16.7 Å². The van der Waals surface area contributed by atoms with E-state index in [9.17, 15) is 13.2 Å². The monoisotopic (exact) mass is 378 g/mol. The highest BCUT2D eigenvalue weighted by molar-refractivity contribution is 8.00. The molecule has 0 spiro atoms. The normalized spacial score (nSPS) is 12.6. The van der Waals surface area contributed by atoms with E-state index in [1.165, 1.54) is 35.0 Å². The van der Waals surface area contributed by atoms with Crippen LogP contribution in [0.2, 0.25) is 0 Å². The van der Waals surface area contributed by atoms with E-state index < -0.39 is 10.0 Å². The van der Waals surface area contributed by atoms with Crippen LogP contribution in [0.5, 0.6) is 0 Å². The number of carbonyl (C=O) groups is 1. The summed E-state index contributed by atoms with van der Waals surface area (Å²) in [6, 6.07) is 12.1. The molecule has 0 bridgehead atoms. The molecule has 1 atom stereocenters. The second-order valence-corrected chi connectivity index (χ2v) is 8.55. The standard InChI is InChI=1S/C18H22N2O3S2/c1-12-7-8-16(9-13(12)2)24-11-18(21)20-14(3)15-5-4-6-17(10-15)25(19,22)23/h4-10,14H,11H2,1-3H3,(H,20,21)(H2,19,22,23)/t14-/m1/s1. The van der Waals surface area contributed by atoms with E-state index in [1.54, 1.807) is 19.1 Å². The number of amides is 1. The van der Waals surface area contributed by atoms with Gasteiger partial charge in [-0.05, 0) is 61.7 Å². The molecular weight excluding hydrogens is 356 g/mol. The average Bonchev–Trinajstić information content (AvgIpc) is 2.55. The fourth-order valence-electron chi connectivity index (χ4n) is 2.28. The SMILES string of the molecule is Cc1ccc(SCC(=O)N[C@H](C)c2cccc(S(N)(=O)=O)c2)cc1C. The Morgan fingerprint density at radius 2 is 1.88 bits per heavy atom. The Balaban J connectivity index is 1.97. The van der Waals surface area contributed by atoms with Crippen LogP contribution in [0.3, 0.4) is 0 Å². The maximum Gasteiger partial charge on any atom is 0.238 e. The molecule has 0 aliphatic carbocycles. The van der Waals surface area contributed by atoms with Crippen LogP contribution in [0, 0.1) is 13.8 Å². The number of aryl methyl sites for hydroxylation is 2. The van der Waals surface area contributed by atoms with Crippen molar-refractivity contribution in [3.05, 3.63) is 59.2 Å². The van der Waals surface area contributed by atoms with E-state index in [0.29, 0.717) is 11.3 Å². The summed E-state index contributed by atoms with van der Waals surface area (Å²) in [5, 5.41) is 8.02. The summed E-state index contributed by atoms with van der Waals surface area (Å²) >= 11 is 1.47. The second-order valence-electron chi connectivity index (χ2n) is 5.94. The summed E-state index contributed by atoms with van der Waals surface area (Å²) in [7, 11) is -3.76. The average molecular weight is 379 g/mol. The number of hydrogen-bond acceptors (Lipinski definition) is 4. The molecule has 0 saturated carbocycles. The lowest BCUT2D eigenvalue weighted by atomic mass is 10.1. The summed E-state index contributed by atoms with van der Waals surface area (Å²) in [6.07, 6.45) is 0. The zero-order valence-corrected chi connectivity index (χ0v) is 16.1. The summed E-state index contributed by atoms with van der Waals surface area (Å²) in [6.45, 7) is 5.90. The molecule has 25 heavy (non-hydrogen) atoms. The molecule has 0 aliphatic rings. The molecule has 2 aromatic carbocycles. The highest BCUT2D eigenvalue weighted by Crippen LogP contribution is 2.22. The van der Waals surface area contributed by atoms with Crippen molar-refractivity contribution in [2.24, 2.45) is 5.14 Å². The van der Waals surface area contributed by atoms with Gasteiger partial charge < -0.3 is 5.32 Å². The Hall–Kier alpha value is -1.83. The van der Waals surface area contributed by atoms with Crippen LogP contribution >= 0.6 is 11.8 Å². The molecule has 1 amide bonds. The molecule has 5 nitrogen and oxygen atoms in total. The van der Waals surface area contributed by atoms with Crippen molar-refractivity contribution >= 4 is 27.7 Å². The van der Waals surface area contributed by atoms with Crippen LogP contribution in [0.1, 0.15) is 29.7 Å². The van der Waals surface area contributed by atoms with Crippen molar-refractivity contribution in [3.63, 3.8) is 0 Å². The quantitative estimate of drug-likeness (QED) is 0.757. The van der Waals surface area contributed by atoms with Crippen molar-refractivity contribution in [1.29, 1.82) is 0 Å². The van der Waals surface area contributed by atoms with E-state index >= 15 is 0 Å². The maximum absolute atomic E-state index is 12.2. The van der Waals surface area contributed by atoms with Crippen molar-refractivity contribution < 1.29 is 13.2 Å². The van der Waals surface area contributed by atoms with Gasteiger partial charge in [-0.3, -0.25) is 4.79 Å². The Kier molecular flexibility index (Phi) is 6.26. The van der Waals surface area contributed by atoms with Crippen molar-refractivity contribution in [1.82, 2.24) is 5.32 Å². The number of primary sulfonamides is 1. The zero-order valence-electron chi connectivity index (χ0n) is 14.4. The number of nitrogens with two attached hydrogens (primary N) is 1. The molecule has 0 fully saturated rings. The van der Waals surface area contributed by atoms with Crippen molar-refractivity contribution in [2.75, 3.05) is 5.75 Å². The fraction of sp³-hybridized carbons (Fsp3) is 0.278. The summed E-state index contributed by atoms with van der Waals surface area (Å²) < 4.78 is 22.9. The molecule has 0 aliphatic heterocycles. The van der Waals surface area contributed by atoms with Crippen LogP contribution < -0.4 is 10.5 Å². The number of nitrogens with one attached hydrogen (secondary N) is 1. The minimum atomic E-state index is -3.76. The summed E-state index contributed by atoms with van der Waals surface area (Å²) in [5.41, 5.74) is 3.10. The van der Waals surface area contributed by atoms with Gasteiger partial charge in [0, 0.05) is 4.90 Å². The largest absolute Gasteiger partial charge is 0.349 e. The van der Waals surface area contributed by atoms with Crippen LogP contribution in [-0.2, 0) is 14.8 Å². The van der Waals surface area contributed by atoms with E-state index in [2.05, 4.69) is 11.4 Å². The lowest BCUT2D eigenvalue weighted by Gasteiger charge is -2.15. The Bertz CT molecular complexity index is 880. The molecular formula is C18H22N2O3S2. The van der Waals surface area contributed by atoms with Crippen LogP contribution in [0.15, 0.2) is 52.3 Å². The second kappa shape index (κ2) is 8.03. The highest BCUT2D eigenvalue weighted by Gasteiger charge is 2.13. The smallest absolute Gasteiger partial charge is 0.238 e. The van der Waals surface area contributed by atoms with Crippen LogP contribution in [0.4, 0.5) is 0 Å². The Morgan fingerprint density at radius 3 is 2.52 bits per heavy atom. The van der Waals surface area contributed by atoms with Crippen molar-refractivity contribution in [2.45, 2.75) is 36.6 Å². The Morgan fingerprint density at radius 1 is 1.16 bits per heavy atom. The molecule has 7 heteroatoms. The van der Waals surface area contributed by atoms with Gasteiger partial charge in [0.15, 0.2) is 0 Å². The van der Waals surface area contributed by atoms with Gasteiger partial charge in [-0.25, -0.2) is 13.6 Å². The van der Waals surface area contributed by atoms with Gasteiger partial charge in [0.25, 0.3) is 0 Å². The van der Waals surface area contributed by atoms with Crippen molar-refractivity contribution in [3.8, 4) is 0 Å². The molecule has 2 rings (SSSR count). The third-order valence-electron chi connectivity index (χ3n) is 3.91. The third kappa shape index (κ3) is 5.59. The lowest BCUT2D eigenvalue weighted by Crippen LogP contribution is -2.28. The van der Waals surface area contributed by atoms with E-state index in [4.69, 9.17) is 5.14 Å². The van der Waals surface area contributed by atoms with Crippen LogP contribution in [-0.4, -0.2) is 20.1 Å². The first-order valence-electron chi connectivity index (χ1n) is 7.79. The van der Waals surface area contributed by atoms with Gasteiger partial charge in [0.1, 0.15) is 0 Å². The number of hydrogen-bond donors (Lipinski definition) is 2. The first-order chi connectivity index (χ1) is 11.7. The predicted molar refractivity (Wildman–Crippen MR) is 101 cm³/mol. The first kappa shape index (κ1) is 19.5. The number of thioether (sulfide) groups is 1. The molecule has 3 N–H and O–H groups in total. The molecule has 0 aromatic heterocycles. The third-order valence-corrected chi connectivity index (χ3v) is 5.82. The topological polar surface area (TPSA) is 89.3 Å². The molecule has 0 heterocycles. The zero-order chi connectivity index (χ0) is 18.6. The summed E-state index contributed by atoms with van der Waals surface area (Å²) in [4.78, 5) is 13.2. The van der Waals surface area contributed by atoms with Gasteiger partial charge in [-0.2, -0.15) is 0 Å². The number of carbonyl (C=O) groups excluding carboxylic acids is 1. The lowest BCUT2D eigenvalue weighted by molar-refractivity contribution is -0.119. The van der Waals surface area contributed by atoms with E-state index in [-0.39, 0.29) is 16.8 Å². The molecule has 0 unspecified atom stereocenters. The fourth-order valence-corrected chi connectivity index (χ4v) is 3.65. The van der Waals surface area contributed by atoms with Gasteiger partial charge in [0.2, 0.25) is 15.9 Å². The van der Waals surface area contributed by atoms with E-state index in [0.717, 1.165) is 4.90 Å². The summed E-state index contributed by atoms with van der Waals surface area (Å²) in [5.74, 6) is 0.179. The number of benzene rings is 2. The van der Waals surface area contributed by atoms with Gasteiger partial charge in [-0.15, -0.1) is 11.8 Å². The van der Waals surface area contributed by atoms with Crippen LogP contribution in [0.25, 0.3) is 0 Å². The highest BCUT2D eigenvalue weighted by atomic mass is 32.2. The molecule has 0 saturated heterocycles. The molecule has 2 aromatic rings.